The number of rotatable bonds is 3. The number of thiazole rings is 1. The first-order valence-corrected chi connectivity index (χ1v) is 4.88. The van der Waals surface area contributed by atoms with Crippen LogP contribution in [0, 0.1) is 0 Å². The standard InChI is InChI=1S/C8H8N4OS/c13-8-1-7(11-4-12-8)10-3-6-2-9-5-14-6/h1-2,4-5H,3H2,(H2,10,11,12,13). The van der Waals surface area contributed by atoms with E-state index in [4.69, 9.17) is 0 Å². The molecule has 0 atom stereocenters. The van der Waals surface area contributed by atoms with E-state index in [1.807, 2.05) is 0 Å². The Labute approximate surface area is 83.9 Å². The summed E-state index contributed by atoms with van der Waals surface area (Å²) in [6, 6.07) is 1.42. The summed E-state index contributed by atoms with van der Waals surface area (Å²) >= 11 is 1.56. The summed E-state index contributed by atoms with van der Waals surface area (Å²) in [5, 5.41) is 3.03. The molecule has 0 amide bonds. The van der Waals surface area contributed by atoms with Crippen molar-refractivity contribution in [2.24, 2.45) is 0 Å². The van der Waals surface area contributed by atoms with Gasteiger partial charge in [-0.05, 0) is 0 Å². The van der Waals surface area contributed by atoms with Crippen molar-refractivity contribution in [3.63, 3.8) is 0 Å². The molecule has 0 aliphatic carbocycles. The molecule has 0 unspecified atom stereocenters. The molecule has 0 saturated heterocycles. The Kier molecular flexibility index (Phi) is 2.55. The first-order chi connectivity index (χ1) is 6.84. The third-order valence-electron chi connectivity index (χ3n) is 1.61. The lowest BCUT2D eigenvalue weighted by Crippen LogP contribution is -2.08. The van der Waals surface area contributed by atoms with E-state index < -0.39 is 0 Å². The summed E-state index contributed by atoms with van der Waals surface area (Å²) < 4.78 is 0. The maximum Gasteiger partial charge on any atom is 0.252 e. The Bertz CT molecular complexity index is 450. The summed E-state index contributed by atoms with van der Waals surface area (Å²) in [6.45, 7) is 0.640. The van der Waals surface area contributed by atoms with E-state index in [1.165, 1.54) is 12.4 Å². The molecule has 6 heteroatoms. The van der Waals surface area contributed by atoms with Crippen molar-refractivity contribution in [1.29, 1.82) is 0 Å². The van der Waals surface area contributed by atoms with Crippen LogP contribution in [0.3, 0.4) is 0 Å². The normalized spacial score (nSPS) is 10.0. The van der Waals surface area contributed by atoms with Gasteiger partial charge in [0.2, 0.25) is 0 Å². The van der Waals surface area contributed by atoms with E-state index in [2.05, 4.69) is 20.3 Å². The first kappa shape index (κ1) is 8.89. The molecule has 2 heterocycles. The van der Waals surface area contributed by atoms with Gasteiger partial charge in [-0.15, -0.1) is 11.3 Å². The van der Waals surface area contributed by atoms with Crippen LogP contribution in [0.15, 0.2) is 28.9 Å². The topological polar surface area (TPSA) is 70.7 Å². The predicted octanol–water partition coefficient (Wildman–Crippen LogP) is 0.838. The molecule has 0 radical (unpaired) electrons. The molecule has 0 spiro atoms. The lowest BCUT2D eigenvalue weighted by molar-refractivity contribution is 1.07. The van der Waals surface area contributed by atoms with Crippen molar-refractivity contribution in [2.45, 2.75) is 6.54 Å². The smallest absolute Gasteiger partial charge is 0.252 e. The van der Waals surface area contributed by atoms with Gasteiger partial charge < -0.3 is 10.3 Å². The Morgan fingerprint density at radius 1 is 1.57 bits per heavy atom. The average Bonchev–Trinajstić information content (AvgIpc) is 2.67. The molecule has 2 aromatic rings. The molecule has 2 aromatic heterocycles. The van der Waals surface area contributed by atoms with Gasteiger partial charge in [0.15, 0.2) is 0 Å². The van der Waals surface area contributed by atoms with Gasteiger partial charge in [-0.3, -0.25) is 9.78 Å². The van der Waals surface area contributed by atoms with E-state index >= 15 is 0 Å². The zero-order valence-electron chi connectivity index (χ0n) is 7.23. The van der Waals surface area contributed by atoms with Crippen LogP contribution in [-0.4, -0.2) is 15.0 Å². The fourth-order valence-corrected chi connectivity index (χ4v) is 1.51. The van der Waals surface area contributed by atoms with Crippen molar-refractivity contribution in [3.05, 3.63) is 39.3 Å². The van der Waals surface area contributed by atoms with Gasteiger partial charge in [-0.1, -0.05) is 0 Å². The predicted molar refractivity (Wildman–Crippen MR) is 54.3 cm³/mol. The second-order valence-electron chi connectivity index (χ2n) is 2.62. The highest BCUT2D eigenvalue weighted by Crippen LogP contribution is 2.07. The number of hydrogen-bond donors (Lipinski definition) is 2. The van der Waals surface area contributed by atoms with Crippen LogP contribution in [0.25, 0.3) is 0 Å². The largest absolute Gasteiger partial charge is 0.365 e. The lowest BCUT2D eigenvalue weighted by Gasteiger charge is -2.00. The monoisotopic (exact) mass is 208 g/mol. The van der Waals surface area contributed by atoms with E-state index in [1.54, 1.807) is 23.0 Å². The maximum atomic E-state index is 10.9. The van der Waals surface area contributed by atoms with Crippen molar-refractivity contribution >= 4 is 17.2 Å². The van der Waals surface area contributed by atoms with Gasteiger partial charge in [0, 0.05) is 17.1 Å². The molecular formula is C8H8N4OS. The molecule has 72 valence electrons. The summed E-state index contributed by atoms with van der Waals surface area (Å²) in [5.41, 5.74) is 1.61. The van der Waals surface area contributed by atoms with Crippen LogP contribution in [0.5, 0.6) is 0 Å². The Morgan fingerprint density at radius 3 is 3.21 bits per heavy atom. The third-order valence-corrected chi connectivity index (χ3v) is 2.39. The minimum Gasteiger partial charge on any atom is -0.365 e. The molecule has 2 N–H and O–H groups in total. The summed E-state index contributed by atoms with van der Waals surface area (Å²) in [6.07, 6.45) is 3.15. The average molecular weight is 208 g/mol. The zero-order valence-corrected chi connectivity index (χ0v) is 8.04. The number of aromatic amines is 1. The highest BCUT2D eigenvalue weighted by molar-refractivity contribution is 7.09. The molecule has 0 aliphatic heterocycles. The molecule has 0 aromatic carbocycles. The van der Waals surface area contributed by atoms with Crippen LogP contribution in [0.2, 0.25) is 0 Å². The number of nitrogens with zero attached hydrogens (tertiary/aromatic N) is 2. The van der Waals surface area contributed by atoms with Crippen molar-refractivity contribution in [3.8, 4) is 0 Å². The Morgan fingerprint density at radius 2 is 2.50 bits per heavy atom. The highest BCUT2D eigenvalue weighted by atomic mass is 32.1. The fraction of sp³-hybridized carbons (Fsp3) is 0.125. The van der Waals surface area contributed by atoms with E-state index in [0.717, 1.165) is 4.88 Å². The summed E-state index contributed by atoms with van der Waals surface area (Å²) in [4.78, 5) is 22.4. The van der Waals surface area contributed by atoms with Gasteiger partial charge in [-0.25, -0.2) is 4.98 Å². The quantitative estimate of drug-likeness (QED) is 0.784. The minimum atomic E-state index is -0.160. The lowest BCUT2D eigenvalue weighted by atomic mass is 10.5. The van der Waals surface area contributed by atoms with Gasteiger partial charge in [0.1, 0.15) is 5.82 Å². The molecular weight excluding hydrogens is 200 g/mol. The van der Waals surface area contributed by atoms with E-state index in [9.17, 15) is 4.79 Å². The second-order valence-corrected chi connectivity index (χ2v) is 3.59. The number of nitrogens with one attached hydrogen (secondary N) is 2. The van der Waals surface area contributed by atoms with Crippen LogP contribution in [0.4, 0.5) is 5.82 Å². The maximum absolute atomic E-state index is 10.9. The van der Waals surface area contributed by atoms with E-state index in [0.29, 0.717) is 12.4 Å². The summed E-state index contributed by atoms with van der Waals surface area (Å²) in [5.74, 6) is 0.571. The van der Waals surface area contributed by atoms with Gasteiger partial charge >= 0.3 is 0 Å². The van der Waals surface area contributed by atoms with Crippen LogP contribution < -0.4 is 10.9 Å². The van der Waals surface area contributed by atoms with Crippen molar-refractivity contribution in [1.82, 2.24) is 15.0 Å². The molecule has 0 bridgehead atoms. The minimum absolute atomic E-state index is 0.160. The molecule has 2 rings (SSSR count). The van der Waals surface area contributed by atoms with Gasteiger partial charge in [0.05, 0.1) is 18.4 Å². The van der Waals surface area contributed by atoms with Crippen LogP contribution in [-0.2, 0) is 6.54 Å². The van der Waals surface area contributed by atoms with Crippen molar-refractivity contribution < 1.29 is 0 Å². The Hall–Kier alpha value is -1.69. The zero-order chi connectivity index (χ0) is 9.80. The molecule has 0 aliphatic rings. The molecule has 0 fully saturated rings. The van der Waals surface area contributed by atoms with Crippen LogP contribution >= 0.6 is 11.3 Å². The third kappa shape index (κ3) is 2.17. The second kappa shape index (κ2) is 4.01. The molecule has 14 heavy (non-hydrogen) atoms. The fourth-order valence-electron chi connectivity index (χ4n) is 0.972. The molecule has 5 nitrogen and oxygen atoms in total. The van der Waals surface area contributed by atoms with Gasteiger partial charge in [0.25, 0.3) is 5.56 Å². The van der Waals surface area contributed by atoms with E-state index in [-0.39, 0.29) is 5.56 Å². The Balaban J connectivity index is 2.02. The molecule has 0 saturated carbocycles. The number of anilines is 1. The number of hydrogen-bond acceptors (Lipinski definition) is 5. The SMILES string of the molecule is O=c1cc(NCc2cncs2)nc[nH]1. The van der Waals surface area contributed by atoms with Crippen molar-refractivity contribution in [2.75, 3.05) is 5.32 Å². The first-order valence-electron chi connectivity index (χ1n) is 4.00. The highest BCUT2D eigenvalue weighted by Gasteiger charge is 1.96. The number of aromatic nitrogens is 3. The van der Waals surface area contributed by atoms with Gasteiger partial charge in [-0.2, -0.15) is 0 Å². The number of H-pyrrole nitrogens is 1. The summed E-state index contributed by atoms with van der Waals surface area (Å²) in [7, 11) is 0. The van der Waals surface area contributed by atoms with Crippen LogP contribution in [0.1, 0.15) is 4.88 Å².